The van der Waals surface area contributed by atoms with E-state index in [1.54, 1.807) is 43.5 Å². The average molecular weight is 460 g/mol. The van der Waals surface area contributed by atoms with Gasteiger partial charge in [0.15, 0.2) is 5.11 Å². The summed E-state index contributed by atoms with van der Waals surface area (Å²) in [7, 11) is 1.60. The summed E-state index contributed by atoms with van der Waals surface area (Å²) in [6, 6.07) is 13.2. The Morgan fingerprint density at radius 2 is 1.94 bits per heavy atom. The number of ether oxygens (including phenoxy) is 2. The van der Waals surface area contributed by atoms with Crippen molar-refractivity contribution < 1.29 is 18.7 Å². The van der Waals surface area contributed by atoms with Crippen LogP contribution in [0.15, 0.2) is 48.5 Å². The summed E-state index contributed by atoms with van der Waals surface area (Å²) in [5.74, 6) is 0.706. The van der Waals surface area contributed by atoms with Gasteiger partial charge in [-0.2, -0.15) is 0 Å². The first-order valence-electron chi connectivity index (χ1n) is 10.7. The zero-order chi connectivity index (χ0) is 23.1. The van der Waals surface area contributed by atoms with E-state index >= 15 is 0 Å². The lowest BCUT2D eigenvalue weighted by atomic mass is 10.1. The first-order valence-corrected chi connectivity index (χ1v) is 11.1. The normalized spacial score (nSPS) is 16.0. The lowest BCUT2D eigenvalue weighted by molar-refractivity contribution is -0.0215. The summed E-state index contributed by atoms with van der Waals surface area (Å²) in [6.45, 7) is 7.01. The van der Waals surface area contributed by atoms with Crippen LogP contribution in [0.2, 0.25) is 0 Å². The van der Waals surface area contributed by atoms with Gasteiger partial charge in [-0.3, -0.25) is 4.79 Å². The molecular formula is C24H30FN3O3S. The molecule has 0 saturated carbocycles. The lowest BCUT2D eigenvalue weighted by Gasteiger charge is -2.37. The summed E-state index contributed by atoms with van der Waals surface area (Å²) in [5, 5.41) is 3.70. The highest BCUT2D eigenvalue weighted by molar-refractivity contribution is 7.80. The molecule has 1 aliphatic rings. The molecule has 0 bridgehead atoms. The summed E-state index contributed by atoms with van der Waals surface area (Å²) in [5.41, 5.74) is 1.35. The fraction of sp³-hybridized carbons (Fsp3) is 0.417. The number of benzene rings is 2. The van der Waals surface area contributed by atoms with Crippen molar-refractivity contribution in [2.75, 3.05) is 45.2 Å². The van der Waals surface area contributed by atoms with Crippen molar-refractivity contribution in [3.8, 4) is 5.75 Å². The molecule has 1 N–H and O–H groups in total. The molecule has 172 valence electrons. The fourth-order valence-corrected chi connectivity index (χ4v) is 3.88. The molecule has 0 aromatic heterocycles. The number of amides is 1. The van der Waals surface area contributed by atoms with Crippen LogP contribution in [-0.2, 0) is 4.74 Å². The SMILES string of the molecule is COc1ccc(C(=O)N(CC(C)C)C[C@H]2CN(C(=S)Nc3ccc(F)cc3)CCO2)cc1. The van der Waals surface area contributed by atoms with E-state index in [0.29, 0.717) is 55.1 Å². The van der Waals surface area contributed by atoms with Crippen molar-refractivity contribution in [1.82, 2.24) is 9.80 Å². The van der Waals surface area contributed by atoms with E-state index in [1.165, 1.54) is 12.1 Å². The second-order valence-corrected chi connectivity index (χ2v) is 8.60. The maximum absolute atomic E-state index is 13.2. The Kier molecular flexibility index (Phi) is 8.41. The number of hydrogen-bond donors (Lipinski definition) is 1. The summed E-state index contributed by atoms with van der Waals surface area (Å²) >= 11 is 5.55. The van der Waals surface area contributed by atoms with E-state index in [4.69, 9.17) is 21.7 Å². The molecule has 0 radical (unpaired) electrons. The third-order valence-corrected chi connectivity index (χ3v) is 5.52. The number of carbonyl (C=O) groups excluding carboxylic acids is 1. The van der Waals surface area contributed by atoms with E-state index < -0.39 is 0 Å². The predicted octanol–water partition coefficient (Wildman–Crippen LogP) is 4.03. The van der Waals surface area contributed by atoms with Gasteiger partial charge < -0.3 is 24.6 Å². The Morgan fingerprint density at radius 1 is 1.25 bits per heavy atom. The standard InChI is InChI=1S/C24H30FN3O3S/c1-17(2)14-28(23(29)18-4-10-21(30-3)11-5-18)16-22-15-27(12-13-31-22)24(32)26-20-8-6-19(25)7-9-20/h4-11,17,22H,12-16H2,1-3H3,(H,26,32)/t22-/m1/s1. The molecule has 1 heterocycles. The summed E-state index contributed by atoms with van der Waals surface area (Å²) in [6.07, 6.45) is -0.169. The topological polar surface area (TPSA) is 54.0 Å². The molecule has 8 heteroatoms. The summed E-state index contributed by atoms with van der Waals surface area (Å²) < 4.78 is 24.3. The minimum atomic E-state index is -0.292. The van der Waals surface area contributed by atoms with Crippen LogP contribution >= 0.6 is 12.2 Å². The highest BCUT2D eigenvalue weighted by atomic mass is 32.1. The first kappa shape index (κ1) is 23.9. The van der Waals surface area contributed by atoms with Crippen LogP contribution in [0.1, 0.15) is 24.2 Å². The van der Waals surface area contributed by atoms with E-state index in [2.05, 4.69) is 19.2 Å². The van der Waals surface area contributed by atoms with Gasteiger partial charge in [-0.15, -0.1) is 0 Å². The third-order valence-electron chi connectivity index (χ3n) is 5.16. The predicted molar refractivity (Wildman–Crippen MR) is 128 cm³/mol. The van der Waals surface area contributed by atoms with Crippen molar-refractivity contribution in [2.45, 2.75) is 20.0 Å². The number of nitrogens with one attached hydrogen (secondary N) is 1. The average Bonchev–Trinajstić information content (AvgIpc) is 2.79. The Labute approximate surface area is 194 Å². The second-order valence-electron chi connectivity index (χ2n) is 8.21. The Balaban J connectivity index is 1.64. The van der Waals surface area contributed by atoms with Crippen molar-refractivity contribution in [2.24, 2.45) is 5.92 Å². The van der Waals surface area contributed by atoms with Crippen molar-refractivity contribution in [1.29, 1.82) is 0 Å². The Morgan fingerprint density at radius 3 is 2.56 bits per heavy atom. The molecule has 1 saturated heterocycles. The fourth-order valence-electron chi connectivity index (χ4n) is 3.59. The monoisotopic (exact) mass is 459 g/mol. The molecule has 6 nitrogen and oxygen atoms in total. The molecule has 32 heavy (non-hydrogen) atoms. The first-order chi connectivity index (χ1) is 15.4. The largest absolute Gasteiger partial charge is 0.497 e. The van der Waals surface area contributed by atoms with Crippen molar-refractivity contribution in [3.63, 3.8) is 0 Å². The van der Waals surface area contributed by atoms with Gasteiger partial charge in [-0.05, 0) is 66.7 Å². The molecule has 0 spiro atoms. The number of thiocarbonyl (C=S) groups is 1. The smallest absolute Gasteiger partial charge is 0.253 e. The number of morpholine rings is 1. The van der Waals surface area contributed by atoms with Crippen LogP contribution in [0, 0.1) is 11.7 Å². The van der Waals surface area contributed by atoms with Crippen LogP contribution in [-0.4, -0.2) is 66.8 Å². The molecule has 1 atom stereocenters. The zero-order valence-corrected chi connectivity index (χ0v) is 19.5. The molecule has 1 fully saturated rings. The Bertz CT molecular complexity index is 906. The van der Waals surface area contributed by atoms with Gasteiger partial charge in [-0.25, -0.2) is 4.39 Å². The number of methoxy groups -OCH3 is 1. The van der Waals surface area contributed by atoms with Crippen molar-refractivity contribution >= 4 is 28.9 Å². The van der Waals surface area contributed by atoms with E-state index in [-0.39, 0.29) is 17.8 Å². The number of nitrogens with zero attached hydrogens (tertiary/aromatic N) is 2. The Hall–Kier alpha value is -2.71. The number of hydrogen-bond acceptors (Lipinski definition) is 4. The van der Waals surface area contributed by atoms with Crippen LogP contribution in [0.25, 0.3) is 0 Å². The minimum absolute atomic E-state index is 0.0332. The summed E-state index contributed by atoms with van der Waals surface area (Å²) in [4.78, 5) is 17.1. The quantitative estimate of drug-likeness (QED) is 0.631. The van der Waals surface area contributed by atoms with Gasteiger partial charge in [0.1, 0.15) is 11.6 Å². The lowest BCUT2D eigenvalue weighted by Crippen LogP contribution is -2.52. The molecule has 0 aliphatic carbocycles. The van der Waals surface area contributed by atoms with Gasteiger partial charge in [0.05, 0.1) is 19.8 Å². The van der Waals surface area contributed by atoms with E-state index in [9.17, 15) is 9.18 Å². The highest BCUT2D eigenvalue weighted by Gasteiger charge is 2.27. The molecule has 2 aromatic carbocycles. The van der Waals surface area contributed by atoms with Crippen LogP contribution in [0.3, 0.4) is 0 Å². The van der Waals surface area contributed by atoms with E-state index in [0.717, 1.165) is 5.69 Å². The number of anilines is 1. The van der Waals surface area contributed by atoms with Gasteiger partial charge in [0, 0.05) is 37.4 Å². The van der Waals surface area contributed by atoms with E-state index in [1.807, 2.05) is 9.80 Å². The number of carbonyl (C=O) groups is 1. The molecule has 1 amide bonds. The number of halogens is 1. The second kappa shape index (κ2) is 11.2. The van der Waals surface area contributed by atoms with Gasteiger partial charge >= 0.3 is 0 Å². The van der Waals surface area contributed by atoms with Gasteiger partial charge in [0.2, 0.25) is 0 Å². The molecule has 3 rings (SSSR count). The zero-order valence-electron chi connectivity index (χ0n) is 18.7. The maximum Gasteiger partial charge on any atom is 0.253 e. The van der Waals surface area contributed by atoms with Crippen LogP contribution in [0.4, 0.5) is 10.1 Å². The molecule has 0 unspecified atom stereocenters. The van der Waals surface area contributed by atoms with Crippen molar-refractivity contribution in [3.05, 3.63) is 59.9 Å². The molecule has 2 aromatic rings. The molecule has 1 aliphatic heterocycles. The van der Waals surface area contributed by atoms with Gasteiger partial charge in [0.25, 0.3) is 5.91 Å². The van der Waals surface area contributed by atoms with Crippen LogP contribution < -0.4 is 10.1 Å². The van der Waals surface area contributed by atoms with Crippen LogP contribution in [0.5, 0.6) is 5.75 Å². The van der Waals surface area contributed by atoms with Gasteiger partial charge in [-0.1, -0.05) is 13.8 Å². The highest BCUT2D eigenvalue weighted by Crippen LogP contribution is 2.17. The molecular weight excluding hydrogens is 429 g/mol. The maximum atomic E-state index is 13.2. The number of rotatable bonds is 7. The minimum Gasteiger partial charge on any atom is -0.497 e. The third kappa shape index (κ3) is 6.64.